The Morgan fingerprint density at radius 1 is 1.33 bits per heavy atom. The number of hydrogen-bond donors (Lipinski definition) is 0. The fraction of sp³-hybridized carbons (Fsp3) is 0.909. The van der Waals surface area contributed by atoms with Gasteiger partial charge >= 0.3 is 0 Å². The van der Waals surface area contributed by atoms with E-state index in [4.69, 9.17) is 4.84 Å². The molecule has 3 fully saturated rings. The van der Waals surface area contributed by atoms with E-state index in [-0.39, 0.29) is 11.6 Å². The Balaban J connectivity index is 1.80. The van der Waals surface area contributed by atoms with Crippen molar-refractivity contribution in [3.8, 4) is 0 Å². The number of ketones is 1. The molecule has 2 bridgehead atoms. The van der Waals surface area contributed by atoms with Gasteiger partial charge in [-0.2, -0.15) is 5.06 Å². The molecule has 84 valence electrons. The number of fused-ring (bicyclic) bond motifs is 3. The maximum Gasteiger partial charge on any atom is 0.165 e. The van der Waals surface area contributed by atoms with E-state index < -0.39 is 0 Å². The average molecular weight is 210 g/mol. The van der Waals surface area contributed by atoms with Gasteiger partial charge in [-0.25, -0.2) is 0 Å². The molecule has 15 heavy (non-hydrogen) atoms. The van der Waals surface area contributed by atoms with Gasteiger partial charge in [-0.05, 0) is 33.0 Å². The van der Waals surface area contributed by atoms with Crippen molar-refractivity contribution in [2.24, 2.45) is 0 Å². The maximum atomic E-state index is 11.6. The molecule has 0 saturated carbocycles. The number of hydroxylamine groups is 2. The first kappa shape index (κ1) is 9.75. The minimum Gasteiger partial charge on any atom is -0.306 e. The van der Waals surface area contributed by atoms with E-state index in [2.05, 4.69) is 17.0 Å². The van der Waals surface area contributed by atoms with Gasteiger partial charge in [0, 0.05) is 19.4 Å². The summed E-state index contributed by atoms with van der Waals surface area (Å²) in [5.41, 5.74) is 0.184. The topological polar surface area (TPSA) is 32.8 Å². The number of rotatable bonds is 0. The summed E-state index contributed by atoms with van der Waals surface area (Å²) >= 11 is 0. The molecule has 0 aromatic heterocycles. The molecular weight excluding hydrogens is 192 g/mol. The van der Waals surface area contributed by atoms with Crippen LogP contribution in [0.25, 0.3) is 0 Å². The third-order valence-corrected chi connectivity index (χ3v) is 4.19. The number of hydrogen-bond acceptors (Lipinski definition) is 4. The number of piperidine rings is 1. The summed E-state index contributed by atoms with van der Waals surface area (Å²) in [4.78, 5) is 19.6. The van der Waals surface area contributed by atoms with Gasteiger partial charge in [-0.15, -0.1) is 0 Å². The molecular formula is C11H18N2O2. The van der Waals surface area contributed by atoms with E-state index in [1.165, 1.54) is 0 Å². The molecule has 3 aliphatic heterocycles. The zero-order chi connectivity index (χ0) is 10.5. The van der Waals surface area contributed by atoms with E-state index in [9.17, 15) is 4.79 Å². The summed E-state index contributed by atoms with van der Waals surface area (Å²) in [6.45, 7) is 3.06. The number of Topliss-reactive ketones (excluding diaryl/α,β-unsaturated/α-hetero) is 1. The van der Waals surface area contributed by atoms with Crippen LogP contribution in [0.4, 0.5) is 0 Å². The van der Waals surface area contributed by atoms with Crippen LogP contribution in [0.3, 0.4) is 0 Å². The van der Waals surface area contributed by atoms with Crippen LogP contribution in [0.15, 0.2) is 0 Å². The normalized spacial score (nSPS) is 39.9. The molecule has 3 saturated heterocycles. The number of carbonyl (C=O) groups excluding carboxylic acids is 1. The van der Waals surface area contributed by atoms with Gasteiger partial charge in [0.05, 0.1) is 5.54 Å². The van der Waals surface area contributed by atoms with E-state index in [0.29, 0.717) is 12.2 Å². The molecule has 2 atom stereocenters. The Bertz CT molecular complexity index is 284. The molecule has 3 heterocycles. The minimum atomic E-state index is -0.123. The second kappa shape index (κ2) is 3.27. The van der Waals surface area contributed by atoms with E-state index in [0.717, 1.165) is 38.9 Å². The van der Waals surface area contributed by atoms with E-state index >= 15 is 0 Å². The molecule has 0 aromatic carbocycles. The van der Waals surface area contributed by atoms with Crippen molar-refractivity contribution in [1.82, 2.24) is 9.96 Å². The highest BCUT2D eigenvalue weighted by atomic mass is 16.7. The highest BCUT2D eigenvalue weighted by Crippen LogP contribution is 2.42. The Morgan fingerprint density at radius 2 is 2.07 bits per heavy atom. The molecule has 3 rings (SSSR count). The second-order valence-corrected chi connectivity index (χ2v) is 5.14. The molecule has 0 aromatic rings. The van der Waals surface area contributed by atoms with Crippen molar-refractivity contribution in [2.45, 2.75) is 37.3 Å². The zero-order valence-electron chi connectivity index (χ0n) is 9.24. The molecule has 3 aliphatic rings. The van der Waals surface area contributed by atoms with Gasteiger partial charge in [0.1, 0.15) is 6.10 Å². The van der Waals surface area contributed by atoms with Crippen molar-refractivity contribution in [1.29, 1.82) is 0 Å². The SMILES string of the molecule is CN1CCC2(CC1)CC1ON2CCC1=O. The standard InChI is InChI=1S/C11H18N2O2/c1-12-6-3-11(4-7-12)8-10-9(14)2-5-13(11)15-10/h10H,2-8H2,1H3. The highest BCUT2D eigenvalue weighted by molar-refractivity contribution is 5.84. The third-order valence-electron chi connectivity index (χ3n) is 4.19. The summed E-state index contributed by atoms with van der Waals surface area (Å²) in [6.07, 6.45) is 3.78. The maximum absolute atomic E-state index is 11.6. The molecule has 0 amide bonds. The van der Waals surface area contributed by atoms with Crippen LogP contribution < -0.4 is 0 Å². The first-order valence-electron chi connectivity index (χ1n) is 5.85. The van der Waals surface area contributed by atoms with Gasteiger partial charge in [0.15, 0.2) is 5.78 Å². The fourth-order valence-electron chi connectivity index (χ4n) is 3.07. The first-order valence-corrected chi connectivity index (χ1v) is 5.85. The molecule has 2 unspecified atom stereocenters. The Kier molecular flexibility index (Phi) is 2.13. The predicted octanol–water partition coefficient (Wildman–Crippen LogP) is 0.429. The summed E-state index contributed by atoms with van der Waals surface area (Å²) in [7, 11) is 2.16. The fourth-order valence-corrected chi connectivity index (χ4v) is 3.07. The molecule has 4 heteroatoms. The summed E-state index contributed by atoms with van der Waals surface area (Å²) in [5, 5.41) is 2.12. The van der Waals surface area contributed by atoms with Crippen LogP contribution >= 0.6 is 0 Å². The smallest absolute Gasteiger partial charge is 0.165 e. The predicted molar refractivity (Wildman–Crippen MR) is 55.3 cm³/mol. The van der Waals surface area contributed by atoms with Crippen LogP contribution in [-0.4, -0.2) is 54.1 Å². The molecule has 1 spiro atoms. The average Bonchev–Trinajstić information content (AvgIpc) is 2.53. The van der Waals surface area contributed by atoms with Crippen molar-refractivity contribution >= 4 is 5.78 Å². The largest absolute Gasteiger partial charge is 0.306 e. The van der Waals surface area contributed by atoms with E-state index in [1.54, 1.807) is 0 Å². The van der Waals surface area contributed by atoms with E-state index in [1.807, 2.05) is 0 Å². The van der Waals surface area contributed by atoms with Gasteiger partial charge in [-0.1, -0.05) is 0 Å². The summed E-state index contributed by atoms with van der Waals surface area (Å²) < 4.78 is 0. The Labute approximate surface area is 90.1 Å². The quantitative estimate of drug-likeness (QED) is 0.580. The first-order chi connectivity index (χ1) is 7.20. The van der Waals surface area contributed by atoms with Crippen LogP contribution in [0.2, 0.25) is 0 Å². The summed E-state index contributed by atoms with van der Waals surface area (Å²) in [6, 6.07) is 0. The van der Waals surface area contributed by atoms with Crippen LogP contribution in [0, 0.1) is 0 Å². The van der Waals surface area contributed by atoms with Crippen molar-refractivity contribution in [2.75, 3.05) is 26.7 Å². The molecule has 0 radical (unpaired) electrons. The second-order valence-electron chi connectivity index (χ2n) is 5.14. The Hall–Kier alpha value is -0.450. The van der Waals surface area contributed by atoms with Crippen molar-refractivity contribution < 1.29 is 9.63 Å². The van der Waals surface area contributed by atoms with Gasteiger partial charge in [0.25, 0.3) is 0 Å². The molecule has 4 nitrogen and oxygen atoms in total. The third kappa shape index (κ3) is 1.43. The lowest BCUT2D eigenvalue weighted by molar-refractivity contribution is -0.211. The highest BCUT2D eigenvalue weighted by Gasteiger charge is 2.52. The van der Waals surface area contributed by atoms with Gasteiger partial charge < -0.3 is 4.90 Å². The number of likely N-dealkylation sites (tertiary alicyclic amines) is 1. The van der Waals surface area contributed by atoms with Crippen molar-refractivity contribution in [3.63, 3.8) is 0 Å². The lowest BCUT2D eigenvalue weighted by atomic mass is 9.83. The van der Waals surface area contributed by atoms with Crippen LogP contribution in [0.5, 0.6) is 0 Å². The lowest BCUT2D eigenvalue weighted by Crippen LogP contribution is -2.51. The van der Waals surface area contributed by atoms with Crippen LogP contribution in [-0.2, 0) is 9.63 Å². The monoisotopic (exact) mass is 210 g/mol. The van der Waals surface area contributed by atoms with Gasteiger partial charge in [-0.3, -0.25) is 9.63 Å². The minimum absolute atomic E-state index is 0.123. The number of carbonyl (C=O) groups is 1. The molecule has 0 aliphatic carbocycles. The zero-order valence-corrected chi connectivity index (χ0v) is 9.24. The Morgan fingerprint density at radius 3 is 2.73 bits per heavy atom. The van der Waals surface area contributed by atoms with Crippen LogP contribution in [0.1, 0.15) is 25.7 Å². The van der Waals surface area contributed by atoms with Crippen molar-refractivity contribution in [3.05, 3.63) is 0 Å². The lowest BCUT2D eigenvalue weighted by Gasteiger charge is -2.42. The number of nitrogens with zero attached hydrogens (tertiary/aromatic N) is 2. The van der Waals surface area contributed by atoms with Gasteiger partial charge in [0.2, 0.25) is 0 Å². The summed E-state index contributed by atoms with van der Waals surface area (Å²) in [5.74, 6) is 0.307. The molecule has 0 N–H and O–H groups in total.